The molecule has 0 radical (unpaired) electrons. The van der Waals surface area contributed by atoms with E-state index in [9.17, 15) is 19.2 Å². The molecule has 3 fully saturated rings. The second kappa shape index (κ2) is 5.58. The lowest BCUT2D eigenvalue weighted by atomic mass is 9.70. The first-order chi connectivity index (χ1) is 10.0. The van der Waals surface area contributed by atoms with Gasteiger partial charge in [-0.1, -0.05) is 0 Å². The highest BCUT2D eigenvalue weighted by Gasteiger charge is 2.42. The lowest BCUT2D eigenvalue weighted by molar-refractivity contribution is -0.166. The number of cyclic esters (lactones) is 4. The Labute approximate surface area is 122 Å². The van der Waals surface area contributed by atoms with E-state index in [1.807, 2.05) is 0 Å². The maximum Gasteiger partial charge on any atom is 0.317 e. The number of carbonyl (C=O) groups excluding carboxylic acids is 4. The van der Waals surface area contributed by atoms with Crippen LogP contribution >= 0.6 is 0 Å². The Kier molecular flexibility index (Phi) is 3.78. The zero-order chi connectivity index (χ0) is 15.0. The standard InChI is InChI=1S/C15H18O6/c16-12-5-10(6-13(17)20-12)8-1-3-9(4-2-8)11-7-14(18)21-15(11)19/h8-11H,1-7H2. The summed E-state index contributed by atoms with van der Waals surface area (Å²) in [6, 6.07) is 0. The minimum Gasteiger partial charge on any atom is -0.393 e. The maximum absolute atomic E-state index is 11.6. The van der Waals surface area contributed by atoms with E-state index in [1.165, 1.54) is 0 Å². The third-order valence-electron chi connectivity index (χ3n) is 5.04. The number of hydrogen-bond donors (Lipinski definition) is 0. The normalized spacial score (nSPS) is 34.8. The van der Waals surface area contributed by atoms with Gasteiger partial charge in [0, 0.05) is 12.8 Å². The van der Waals surface area contributed by atoms with E-state index in [4.69, 9.17) is 0 Å². The average molecular weight is 294 g/mol. The number of esters is 4. The topological polar surface area (TPSA) is 86.7 Å². The number of hydrogen-bond acceptors (Lipinski definition) is 6. The van der Waals surface area contributed by atoms with Crippen LogP contribution < -0.4 is 0 Å². The van der Waals surface area contributed by atoms with Crippen molar-refractivity contribution in [3.05, 3.63) is 0 Å². The molecular formula is C15H18O6. The molecule has 2 heterocycles. The van der Waals surface area contributed by atoms with Gasteiger partial charge in [-0.3, -0.25) is 19.2 Å². The van der Waals surface area contributed by atoms with Crippen molar-refractivity contribution in [3.8, 4) is 0 Å². The van der Waals surface area contributed by atoms with E-state index >= 15 is 0 Å². The first kappa shape index (κ1) is 14.2. The Balaban J connectivity index is 1.55. The minimum atomic E-state index is -0.427. The Morgan fingerprint density at radius 3 is 1.67 bits per heavy atom. The molecule has 0 aromatic heterocycles. The number of carbonyl (C=O) groups is 4. The third-order valence-corrected chi connectivity index (χ3v) is 5.04. The molecule has 114 valence electrons. The summed E-state index contributed by atoms with van der Waals surface area (Å²) in [5, 5.41) is 0. The maximum atomic E-state index is 11.6. The molecule has 2 saturated heterocycles. The van der Waals surface area contributed by atoms with Gasteiger partial charge >= 0.3 is 23.9 Å². The highest BCUT2D eigenvalue weighted by molar-refractivity contribution is 5.94. The SMILES string of the molecule is O=C1CC(C2CCC(C3CC(=O)OC3=O)CC2)CC(=O)O1. The van der Waals surface area contributed by atoms with E-state index in [0.717, 1.165) is 25.7 Å². The van der Waals surface area contributed by atoms with Gasteiger partial charge in [0.2, 0.25) is 0 Å². The van der Waals surface area contributed by atoms with Crippen LogP contribution in [0.1, 0.15) is 44.9 Å². The van der Waals surface area contributed by atoms with Gasteiger partial charge in [-0.25, -0.2) is 0 Å². The molecule has 6 heteroatoms. The molecular weight excluding hydrogens is 276 g/mol. The van der Waals surface area contributed by atoms with Gasteiger partial charge in [-0.2, -0.15) is 0 Å². The Hall–Kier alpha value is -1.72. The lowest BCUT2D eigenvalue weighted by Crippen LogP contribution is -2.33. The van der Waals surface area contributed by atoms with Crippen molar-refractivity contribution in [2.24, 2.45) is 23.7 Å². The summed E-state index contributed by atoms with van der Waals surface area (Å²) >= 11 is 0. The summed E-state index contributed by atoms with van der Waals surface area (Å²) in [5.41, 5.74) is 0. The molecule has 1 aliphatic carbocycles. The van der Waals surface area contributed by atoms with Crippen LogP contribution in [-0.4, -0.2) is 23.9 Å². The van der Waals surface area contributed by atoms with Crippen LogP contribution in [0.15, 0.2) is 0 Å². The quantitative estimate of drug-likeness (QED) is 0.564. The van der Waals surface area contributed by atoms with Crippen molar-refractivity contribution in [1.29, 1.82) is 0 Å². The van der Waals surface area contributed by atoms with Crippen molar-refractivity contribution in [1.82, 2.24) is 0 Å². The minimum absolute atomic E-state index is 0.0665. The van der Waals surface area contributed by atoms with Crippen LogP contribution in [0.3, 0.4) is 0 Å². The Morgan fingerprint density at radius 1 is 0.619 bits per heavy atom. The molecule has 1 unspecified atom stereocenters. The molecule has 21 heavy (non-hydrogen) atoms. The average Bonchev–Trinajstić information content (AvgIpc) is 2.77. The molecule has 0 amide bonds. The van der Waals surface area contributed by atoms with Crippen molar-refractivity contribution >= 4 is 23.9 Å². The first-order valence-corrected chi connectivity index (χ1v) is 7.51. The fourth-order valence-electron chi connectivity index (χ4n) is 3.91. The fraction of sp³-hybridized carbons (Fsp3) is 0.733. The van der Waals surface area contributed by atoms with Crippen LogP contribution in [0.2, 0.25) is 0 Å². The molecule has 0 aromatic rings. The first-order valence-electron chi connectivity index (χ1n) is 7.51. The molecule has 2 aliphatic heterocycles. The summed E-state index contributed by atoms with van der Waals surface area (Å²) in [6.45, 7) is 0. The monoisotopic (exact) mass is 294 g/mol. The lowest BCUT2D eigenvalue weighted by Gasteiger charge is -2.35. The second-order valence-corrected chi connectivity index (χ2v) is 6.29. The highest BCUT2D eigenvalue weighted by Crippen LogP contribution is 2.42. The van der Waals surface area contributed by atoms with Gasteiger partial charge in [0.15, 0.2) is 0 Å². The van der Waals surface area contributed by atoms with E-state index in [2.05, 4.69) is 9.47 Å². The molecule has 0 spiro atoms. The van der Waals surface area contributed by atoms with E-state index in [0.29, 0.717) is 18.8 Å². The molecule has 0 bridgehead atoms. The van der Waals surface area contributed by atoms with Crippen LogP contribution in [0.4, 0.5) is 0 Å². The summed E-state index contributed by atoms with van der Waals surface area (Å²) in [5.74, 6) is -1.38. The molecule has 3 rings (SSSR count). The zero-order valence-corrected chi connectivity index (χ0v) is 11.7. The van der Waals surface area contributed by atoms with Gasteiger partial charge < -0.3 is 9.47 Å². The summed E-state index contributed by atoms with van der Waals surface area (Å²) in [7, 11) is 0. The fourth-order valence-corrected chi connectivity index (χ4v) is 3.91. The van der Waals surface area contributed by atoms with Crippen LogP contribution in [0.25, 0.3) is 0 Å². The van der Waals surface area contributed by atoms with Crippen molar-refractivity contribution in [2.45, 2.75) is 44.9 Å². The molecule has 0 N–H and O–H groups in total. The van der Waals surface area contributed by atoms with E-state index in [1.54, 1.807) is 0 Å². The molecule has 3 aliphatic rings. The largest absolute Gasteiger partial charge is 0.393 e. The van der Waals surface area contributed by atoms with Gasteiger partial charge in [-0.05, 0) is 43.4 Å². The van der Waals surface area contributed by atoms with E-state index < -0.39 is 17.9 Å². The van der Waals surface area contributed by atoms with Gasteiger partial charge in [0.25, 0.3) is 0 Å². The number of rotatable bonds is 2. The van der Waals surface area contributed by atoms with Crippen LogP contribution in [0, 0.1) is 23.7 Å². The van der Waals surface area contributed by atoms with Gasteiger partial charge in [0.05, 0.1) is 12.3 Å². The third kappa shape index (κ3) is 2.99. The van der Waals surface area contributed by atoms with Crippen LogP contribution in [-0.2, 0) is 28.7 Å². The smallest absolute Gasteiger partial charge is 0.317 e. The van der Waals surface area contributed by atoms with Crippen molar-refractivity contribution < 1.29 is 28.7 Å². The van der Waals surface area contributed by atoms with Gasteiger partial charge in [-0.15, -0.1) is 0 Å². The van der Waals surface area contributed by atoms with E-state index in [-0.39, 0.29) is 30.1 Å². The molecule has 0 aromatic carbocycles. The highest BCUT2D eigenvalue weighted by atomic mass is 16.6. The molecule has 6 nitrogen and oxygen atoms in total. The summed E-state index contributed by atoms with van der Waals surface area (Å²) in [6.07, 6.45) is 4.27. The Bertz CT molecular complexity index is 472. The predicted molar refractivity (Wildman–Crippen MR) is 68.5 cm³/mol. The van der Waals surface area contributed by atoms with Crippen molar-refractivity contribution in [3.63, 3.8) is 0 Å². The summed E-state index contributed by atoms with van der Waals surface area (Å²) < 4.78 is 9.17. The second-order valence-electron chi connectivity index (χ2n) is 6.29. The molecule has 1 saturated carbocycles. The molecule has 1 atom stereocenters. The van der Waals surface area contributed by atoms with Gasteiger partial charge in [0.1, 0.15) is 0 Å². The number of ether oxygens (including phenoxy) is 2. The van der Waals surface area contributed by atoms with Crippen molar-refractivity contribution in [2.75, 3.05) is 0 Å². The predicted octanol–water partition coefficient (Wildman–Crippen LogP) is 1.36. The van der Waals surface area contributed by atoms with Crippen LogP contribution in [0.5, 0.6) is 0 Å². The summed E-state index contributed by atoms with van der Waals surface area (Å²) in [4.78, 5) is 45.4. The Morgan fingerprint density at radius 2 is 1.14 bits per heavy atom. The zero-order valence-electron chi connectivity index (χ0n) is 11.7.